The van der Waals surface area contributed by atoms with Crippen molar-refractivity contribution in [2.75, 3.05) is 19.1 Å². The van der Waals surface area contributed by atoms with Gasteiger partial charge in [0.25, 0.3) is 0 Å². The van der Waals surface area contributed by atoms with E-state index in [1.807, 2.05) is 0 Å². The van der Waals surface area contributed by atoms with Crippen LogP contribution >= 0.6 is 0 Å². The SMILES string of the molecule is COC(=O)c1cc(Oc2cnc(N(C)C(C)=O)cn2)c2cn(C)nc2c1. The van der Waals surface area contributed by atoms with Crippen molar-refractivity contribution < 1.29 is 19.1 Å². The van der Waals surface area contributed by atoms with E-state index in [1.165, 1.54) is 31.3 Å². The lowest BCUT2D eigenvalue weighted by Crippen LogP contribution is -2.23. The molecule has 3 rings (SSSR count). The topological polar surface area (TPSA) is 99.4 Å². The van der Waals surface area contributed by atoms with Crippen LogP contribution in [0.25, 0.3) is 10.9 Å². The van der Waals surface area contributed by atoms with E-state index in [9.17, 15) is 9.59 Å². The van der Waals surface area contributed by atoms with E-state index in [1.54, 1.807) is 37.1 Å². The maximum atomic E-state index is 11.9. The van der Waals surface area contributed by atoms with Gasteiger partial charge in [-0.25, -0.2) is 14.8 Å². The molecule has 1 amide bonds. The van der Waals surface area contributed by atoms with Crippen LogP contribution in [0.15, 0.2) is 30.7 Å². The van der Waals surface area contributed by atoms with Gasteiger partial charge in [0.15, 0.2) is 5.82 Å². The minimum Gasteiger partial charge on any atom is -0.465 e. The van der Waals surface area contributed by atoms with Crippen LogP contribution in [0.3, 0.4) is 0 Å². The van der Waals surface area contributed by atoms with Crippen LogP contribution in [-0.2, 0) is 16.6 Å². The fourth-order valence-corrected chi connectivity index (χ4v) is 2.34. The summed E-state index contributed by atoms with van der Waals surface area (Å²) in [5, 5.41) is 5.01. The van der Waals surface area contributed by atoms with Gasteiger partial charge < -0.3 is 9.47 Å². The number of carbonyl (C=O) groups is 2. The molecule has 9 heteroatoms. The minimum absolute atomic E-state index is 0.157. The number of ether oxygens (including phenoxy) is 2. The monoisotopic (exact) mass is 355 g/mol. The fourth-order valence-electron chi connectivity index (χ4n) is 2.34. The Labute approximate surface area is 149 Å². The number of benzene rings is 1. The summed E-state index contributed by atoms with van der Waals surface area (Å²) >= 11 is 0. The van der Waals surface area contributed by atoms with Crippen LogP contribution in [0, 0.1) is 0 Å². The minimum atomic E-state index is -0.494. The van der Waals surface area contributed by atoms with Gasteiger partial charge in [0, 0.05) is 27.2 Å². The molecule has 0 radical (unpaired) electrons. The number of hydrogen-bond acceptors (Lipinski definition) is 7. The van der Waals surface area contributed by atoms with Crippen molar-refractivity contribution in [2.45, 2.75) is 6.92 Å². The Hall–Kier alpha value is -3.49. The second kappa shape index (κ2) is 6.79. The standard InChI is InChI=1S/C17H17N5O4/c1-10(23)22(3)15-7-19-16(8-18-15)26-14-6-11(17(24)25-4)5-13-12(14)9-21(2)20-13/h5-9H,1-4H3. The first-order chi connectivity index (χ1) is 12.4. The number of aryl methyl sites for hydroxylation is 1. The largest absolute Gasteiger partial charge is 0.465 e. The zero-order valence-electron chi connectivity index (χ0n) is 14.8. The lowest BCUT2D eigenvalue weighted by atomic mass is 10.1. The highest BCUT2D eigenvalue weighted by Gasteiger charge is 2.15. The molecule has 0 spiro atoms. The molecule has 0 aliphatic rings. The van der Waals surface area contributed by atoms with Crippen LogP contribution in [0.5, 0.6) is 11.6 Å². The van der Waals surface area contributed by atoms with Crippen molar-refractivity contribution in [1.29, 1.82) is 0 Å². The highest BCUT2D eigenvalue weighted by molar-refractivity contribution is 5.97. The van der Waals surface area contributed by atoms with E-state index in [0.717, 1.165) is 0 Å². The maximum Gasteiger partial charge on any atom is 0.338 e. The maximum absolute atomic E-state index is 11.9. The highest BCUT2D eigenvalue weighted by Crippen LogP contribution is 2.30. The van der Waals surface area contributed by atoms with Crippen LogP contribution in [0.1, 0.15) is 17.3 Å². The lowest BCUT2D eigenvalue weighted by molar-refractivity contribution is -0.116. The number of hydrogen-bond donors (Lipinski definition) is 0. The molecule has 0 atom stereocenters. The summed E-state index contributed by atoms with van der Waals surface area (Å²) in [7, 11) is 4.68. The molecule has 26 heavy (non-hydrogen) atoms. The predicted molar refractivity (Wildman–Crippen MR) is 93.2 cm³/mol. The first-order valence-electron chi connectivity index (χ1n) is 7.69. The molecule has 2 heterocycles. The van der Waals surface area contributed by atoms with Gasteiger partial charge in [0.1, 0.15) is 5.75 Å². The second-order valence-electron chi connectivity index (χ2n) is 5.59. The molecule has 134 valence electrons. The first kappa shape index (κ1) is 17.3. The van der Waals surface area contributed by atoms with Gasteiger partial charge in [-0.15, -0.1) is 0 Å². The smallest absolute Gasteiger partial charge is 0.338 e. The normalized spacial score (nSPS) is 10.6. The Bertz CT molecular complexity index is 981. The van der Waals surface area contributed by atoms with Crippen molar-refractivity contribution >= 4 is 28.6 Å². The molecule has 0 aliphatic carbocycles. The zero-order chi connectivity index (χ0) is 18.8. The Morgan fingerprint density at radius 1 is 1.19 bits per heavy atom. The summed E-state index contributed by atoms with van der Waals surface area (Å²) in [6.07, 6.45) is 4.61. The predicted octanol–water partition coefficient (Wildman–Crippen LogP) is 1.92. The lowest BCUT2D eigenvalue weighted by Gasteiger charge is -2.13. The zero-order valence-corrected chi connectivity index (χ0v) is 14.8. The van der Waals surface area contributed by atoms with Crippen LogP contribution < -0.4 is 9.64 Å². The highest BCUT2D eigenvalue weighted by atomic mass is 16.5. The van der Waals surface area contributed by atoms with Gasteiger partial charge in [0.05, 0.1) is 36.0 Å². The summed E-state index contributed by atoms with van der Waals surface area (Å²) in [6.45, 7) is 1.43. The number of nitrogens with zero attached hydrogens (tertiary/aromatic N) is 5. The Balaban J connectivity index is 1.97. The Morgan fingerprint density at radius 3 is 2.58 bits per heavy atom. The van der Waals surface area contributed by atoms with Gasteiger partial charge >= 0.3 is 5.97 Å². The van der Waals surface area contributed by atoms with Crippen molar-refractivity contribution in [2.24, 2.45) is 7.05 Å². The molecule has 0 fully saturated rings. The molecule has 0 saturated carbocycles. The molecule has 0 bridgehead atoms. The van der Waals surface area contributed by atoms with Gasteiger partial charge in [0.2, 0.25) is 11.8 Å². The van der Waals surface area contributed by atoms with Crippen LogP contribution in [0.4, 0.5) is 5.82 Å². The summed E-state index contributed by atoms with van der Waals surface area (Å²) < 4.78 is 12.2. The van der Waals surface area contributed by atoms with Gasteiger partial charge in [-0.2, -0.15) is 5.10 Å². The van der Waals surface area contributed by atoms with Crippen molar-refractivity contribution in [3.8, 4) is 11.6 Å². The molecular formula is C17H17N5O4. The molecule has 9 nitrogen and oxygen atoms in total. The Kier molecular flexibility index (Phi) is 4.53. The fraction of sp³-hybridized carbons (Fsp3) is 0.235. The summed E-state index contributed by atoms with van der Waals surface area (Å²) in [4.78, 5) is 32.9. The molecule has 0 aliphatic heterocycles. The Morgan fingerprint density at radius 2 is 1.96 bits per heavy atom. The number of anilines is 1. The van der Waals surface area contributed by atoms with Gasteiger partial charge in [-0.05, 0) is 12.1 Å². The van der Waals surface area contributed by atoms with E-state index in [2.05, 4.69) is 15.1 Å². The van der Waals surface area contributed by atoms with E-state index < -0.39 is 5.97 Å². The van der Waals surface area contributed by atoms with Crippen molar-refractivity contribution in [3.63, 3.8) is 0 Å². The summed E-state index contributed by atoms with van der Waals surface area (Å²) in [5.74, 6) is 0.373. The molecule has 0 unspecified atom stereocenters. The first-order valence-corrected chi connectivity index (χ1v) is 7.69. The number of fused-ring (bicyclic) bond motifs is 1. The quantitative estimate of drug-likeness (QED) is 0.659. The summed E-state index contributed by atoms with van der Waals surface area (Å²) in [5.41, 5.74) is 0.904. The van der Waals surface area contributed by atoms with Gasteiger partial charge in [-0.1, -0.05) is 0 Å². The third kappa shape index (κ3) is 3.32. The molecule has 3 aromatic rings. The average Bonchev–Trinajstić information content (AvgIpc) is 3.01. The molecule has 1 aromatic carbocycles. The van der Waals surface area contributed by atoms with Crippen molar-refractivity contribution in [3.05, 3.63) is 36.3 Å². The number of aromatic nitrogens is 4. The number of amides is 1. The summed E-state index contributed by atoms with van der Waals surface area (Å²) in [6, 6.07) is 3.19. The molecule has 2 aromatic heterocycles. The molecule has 0 N–H and O–H groups in total. The van der Waals surface area contributed by atoms with Crippen LogP contribution in [0.2, 0.25) is 0 Å². The number of carbonyl (C=O) groups excluding carboxylic acids is 2. The number of esters is 1. The molecular weight excluding hydrogens is 338 g/mol. The van der Waals surface area contributed by atoms with E-state index in [0.29, 0.717) is 28.0 Å². The second-order valence-corrected chi connectivity index (χ2v) is 5.59. The third-order valence-corrected chi connectivity index (χ3v) is 3.77. The third-order valence-electron chi connectivity index (χ3n) is 3.77. The van der Waals surface area contributed by atoms with E-state index in [-0.39, 0.29) is 11.8 Å². The van der Waals surface area contributed by atoms with E-state index >= 15 is 0 Å². The number of rotatable bonds is 4. The van der Waals surface area contributed by atoms with Crippen LogP contribution in [-0.4, -0.2) is 45.8 Å². The van der Waals surface area contributed by atoms with Gasteiger partial charge in [-0.3, -0.25) is 14.4 Å². The number of methoxy groups -OCH3 is 1. The average molecular weight is 355 g/mol. The van der Waals surface area contributed by atoms with Crippen molar-refractivity contribution in [1.82, 2.24) is 19.7 Å². The molecule has 0 saturated heterocycles. The van der Waals surface area contributed by atoms with E-state index in [4.69, 9.17) is 9.47 Å².